The highest BCUT2D eigenvalue weighted by Gasteiger charge is 2.43. The molecule has 106 valence electrons. The molecule has 1 aliphatic rings. The number of hydrogen-bond donors (Lipinski definition) is 0. The van der Waals surface area contributed by atoms with Crippen LogP contribution in [0.5, 0.6) is 0 Å². The second-order valence-corrected chi connectivity index (χ2v) is 6.96. The van der Waals surface area contributed by atoms with E-state index in [9.17, 15) is 0 Å². The van der Waals surface area contributed by atoms with Crippen molar-refractivity contribution in [1.82, 2.24) is 14.8 Å². The monoisotopic (exact) mass is 375 g/mol. The van der Waals surface area contributed by atoms with Crippen molar-refractivity contribution in [3.63, 3.8) is 0 Å². The number of alkyl halides is 1. The molecule has 2 atom stereocenters. The number of benzene rings is 1. The normalized spacial score (nSPS) is 26.1. The molecule has 0 unspecified atom stereocenters. The quantitative estimate of drug-likeness (QED) is 0.767. The SMILES string of the molecule is Clc1ccc([C@@]2(Cn3cncn3)C[C@@H](Br)CO2)c(Cl)c1. The van der Waals surface area contributed by atoms with Gasteiger partial charge in [0.25, 0.3) is 0 Å². The molecule has 1 saturated heterocycles. The number of nitrogens with zero attached hydrogens (tertiary/aromatic N) is 3. The van der Waals surface area contributed by atoms with E-state index in [4.69, 9.17) is 27.9 Å². The third-order valence-corrected chi connectivity index (χ3v) is 4.53. The maximum atomic E-state index is 6.36. The van der Waals surface area contributed by atoms with Crippen LogP contribution in [0.25, 0.3) is 0 Å². The Balaban J connectivity index is 2.01. The number of halogens is 3. The van der Waals surface area contributed by atoms with Crippen LogP contribution >= 0.6 is 39.1 Å². The van der Waals surface area contributed by atoms with Crippen LogP contribution in [0.4, 0.5) is 0 Å². The second-order valence-electron chi connectivity index (χ2n) is 4.82. The zero-order valence-electron chi connectivity index (χ0n) is 10.5. The van der Waals surface area contributed by atoms with Crippen molar-refractivity contribution < 1.29 is 4.74 Å². The van der Waals surface area contributed by atoms with Gasteiger partial charge >= 0.3 is 0 Å². The van der Waals surface area contributed by atoms with Gasteiger partial charge in [0.1, 0.15) is 18.3 Å². The molecule has 0 aliphatic carbocycles. The summed E-state index contributed by atoms with van der Waals surface area (Å²) in [5, 5.41) is 5.39. The van der Waals surface area contributed by atoms with Gasteiger partial charge in [-0.15, -0.1) is 0 Å². The topological polar surface area (TPSA) is 39.9 Å². The fraction of sp³-hybridized carbons (Fsp3) is 0.385. The highest BCUT2D eigenvalue weighted by molar-refractivity contribution is 9.09. The lowest BCUT2D eigenvalue weighted by Gasteiger charge is -2.29. The maximum Gasteiger partial charge on any atom is 0.137 e. The van der Waals surface area contributed by atoms with E-state index in [1.807, 2.05) is 12.1 Å². The average molecular weight is 377 g/mol. The van der Waals surface area contributed by atoms with E-state index in [1.165, 1.54) is 6.33 Å². The highest BCUT2D eigenvalue weighted by atomic mass is 79.9. The van der Waals surface area contributed by atoms with E-state index in [1.54, 1.807) is 17.1 Å². The molecule has 7 heteroatoms. The van der Waals surface area contributed by atoms with Crippen LogP contribution in [0, 0.1) is 0 Å². The first kappa shape index (κ1) is 14.3. The molecule has 0 amide bonds. The van der Waals surface area contributed by atoms with Gasteiger partial charge in [-0.05, 0) is 18.6 Å². The summed E-state index contributed by atoms with van der Waals surface area (Å²) in [4.78, 5) is 4.26. The van der Waals surface area contributed by atoms with Crippen LogP contribution in [0.2, 0.25) is 10.0 Å². The minimum atomic E-state index is -0.510. The number of rotatable bonds is 3. The molecule has 0 N–H and O–H groups in total. The Labute approximate surface area is 135 Å². The van der Waals surface area contributed by atoms with Crippen LogP contribution in [-0.2, 0) is 16.9 Å². The van der Waals surface area contributed by atoms with Gasteiger partial charge < -0.3 is 4.74 Å². The second kappa shape index (κ2) is 5.64. The van der Waals surface area contributed by atoms with Crippen molar-refractivity contribution >= 4 is 39.1 Å². The van der Waals surface area contributed by atoms with Crippen molar-refractivity contribution in [1.29, 1.82) is 0 Å². The van der Waals surface area contributed by atoms with Gasteiger partial charge in [-0.25, -0.2) is 9.67 Å². The lowest BCUT2D eigenvalue weighted by molar-refractivity contribution is -0.0169. The first-order valence-electron chi connectivity index (χ1n) is 6.15. The van der Waals surface area contributed by atoms with Crippen LogP contribution in [-0.4, -0.2) is 26.2 Å². The molecule has 0 saturated carbocycles. The van der Waals surface area contributed by atoms with Gasteiger partial charge in [-0.1, -0.05) is 45.2 Å². The first-order chi connectivity index (χ1) is 9.59. The van der Waals surface area contributed by atoms with Crippen molar-refractivity contribution in [3.05, 3.63) is 46.5 Å². The van der Waals surface area contributed by atoms with Crippen LogP contribution < -0.4 is 0 Å². The minimum Gasteiger partial charge on any atom is -0.367 e. The Kier molecular flexibility index (Phi) is 4.04. The summed E-state index contributed by atoms with van der Waals surface area (Å²) in [7, 11) is 0. The van der Waals surface area contributed by atoms with E-state index in [0.29, 0.717) is 23.2 Å². The molecule has 1 aliphatic heterocycles. The highest BCUT2D eigenvalue weighted by Crippen LogP contribution is 2.43. The molecule has 2 aromatic rings. The Bertz CT molecular complexity index is 608. The van der Waals surface area contributed by atoms with Gasteiger partial charge in [0.15, 0.2) is 0 Å². The van der Waals surface area contributed by atoms with Crippen LogP contribution in [0.1, 0.15) is 12.0 Å². The number of aromatic nitrogens is 3. The number of hydrogen-bond acceptors (Lipinski definition) is 3. The largest absolute Gasteiger partial charge is 0.367 e. The first-order valence-corrected chi connectivity index (χ1v) is 7.82. The molecular formula is C13H12BrCl2N3O. The van der Waals surface area contributed by atoms with Crippen LogP contribution in [0.3, 0.4) is 0 Å². The molecule has 0 radical (unpaired) electrons. The minimum absolute atomic E-state index is 0.290. The van der Waals surface area contributed by atoms with E-state index in [-0.39, 0.29) is 4.83 Å². The lowest BCUT2D eigenvalue weighted by atomic mass is 9.90. The molecule has 3 rings (SSSR count). The van der Waals surface area contributed by atoms with Gasteiger partial charge in [0, 0.05) is 20.4 Å². The standard InChI is InChI=1S/C13H12BrCl2N3O/c14-9-4-13(20-5-9,6-19-8-17-7-18-19)11-2-1-10(15)3-12(11)16/h1-3,7-9H,4-6H2/t9-,13+/m1/s1. The van der Waals surface area contributed by atoms with Crippen LogP contribution in [0.15, 0.2) is 30.9 Å². The summed E-state index contributed by atoms with van der Waals surface area (Å²) in [5.74, 6) is 0. The van der Waals surface area contributed by atoms with Crippen molar-refractivity contribution in [2.45, 2.75) is 23.4 Å². The Morgan fingerprint density at radius 1 is 1.45 bits per heavy atom. The van der Waals surface area contributed by atoms with Crippen molar-refractivity contribution in [3.8, 4) is 0 Å². The molecule has 1 aromatic heterocycles. The van der Waals surface area contributed by atoms with E-state index < -0.39 is 5.60 Å². The smallest absolute Gasteiger partial charge is 0.137 e. The third-order valence-electron chi connectivity index (χ3n) is 3.40. The lowest BCUT2D eigenvalue weighted by Crippen LogP contribution is -2.31. The summed E-state index contributed by atoms with van der Waals surface area (Å²) in [5.41, 5.74) is 0.421. The number of ether oxygens (including phenoxy) is 1. The zero-order chi connectivity index (χ0) is 14.2. The van der Waals surface area contributed by atoms with E-state index >= 15 is 0 Å². The predicted octanol–water partition coefficient (Wildman–Crippen LogP) is 3.66. The summed E-state index contributed by atoms with van der Waals surface area (Å²) in [6.07, 6.45) is 4.00. The Hall–Kier alpha value is -0.620. The molecule has 20 heavy (non-hydrogen) atoms. The van der Waals surface area contributed by atoms with E-state index in [2.05, 4.69) is 26.0 Å². The summed E-state index contributed by atoms with van der Waals surface area (Å²) in [6, 6.07) is 5.50. The average Bonchev–Trinajstić information content (AvgIpc) is 3.00. The molecule has 2 heterocycles. The molecular weight excluding hydrogens is 365 g/mol. The maximum absolute atomic E-state index is 6.36. The molecule has 4 nitrogen and oxygen atoms in total. The van der Waals surface area contributed by atoms with Crippen molar-refractivity contribution in [2.24, 2.45) is 0 Å². The Morgan fingerprint density at radius 3 is 2.90 bits per heavy atom. The van der Waals surface area contributed by atoms with Gasteiger partial charge in [-0.3, -0.25) is 0 Å². The summed E-state index contributed by atoms with van der Waals surface area (Å²) < 4.78 is 7.83. The summed E-state index contributed by atoms with van der Waals surface area (Å²) in [6.45, 7) is 1.20. The molecule has 1 fully saturated rings. The third kappa shape index (κ3) is 2.72. The Morgan fingerprint density at radius 2 is 2.30 bits per heavy atom. The van der Waals surface area contributed by atoms with E-state index in [0.717, 1.165) is 12.0 Å². The molecule has 0 spiro atoms. The fourth-order valence-electron chi connectivity index (χ4n) is 2.54. The van der Waals surface area contributed by atoms with Crippen molar-refractivity contribution in [2.75, 3.05) is 6.61 Å². The summed E-state index contributed by atoms with van der Waals surface area (Å²) >= 11 is 16.0. The molecule has 1 aromatic carbocycles. The molecule has 0 bridgehead atoms. The fourth-order valence-corrected chi connectivity index (χ4v) is 3.78. The van der Waals surface area contributed by atoms with Gasteiger partial charge in [-0.2, -0.15) is 5.10 Å². The van der Waals surface area contributed by atoms with Gasteiger partial charge in [0.05, 0.1) is 13.2 Å². The zero-order valence-corrected chi connectivity index (χ0v) is 13.6. The predicted molar refractivity (Wildman–Crippen MR) is 81.4 cm³/mol. The van der Waals surface area contributed by atoms with Gasteiger partial charge in [0.2, 0.25) is 0 Å².